The minimum Gasteiger partial charge on any atom is -0.393 e. The fourth-order valence-corrected chi connectivity index (χ4v) is 4.94. The van der Waals surface area contributed by atoms with Crippen LogP contribution < -0.4 is 0 Å². The highest BCUT2D eigenvalue weighted by molar-refractivity contribution is 6.24. The third-order valence-electron chi connectivity index (χ3n) is 7.42. The highest BCUT2D eigenvalue weighted by Crippen LogP contribution is 2.29. The third-order valence-corrected chi connectivity index (χ3v) is 7.42. The number of Topliss-reactive ketones (excluding diaryl/α,β-unsaturated/α-hetero) is 2. The van der Waals surface area contributed by atoms with E-state index in [1.54, 1.807) is 20.8 Å². The SMILES string of the molecule is CC1=C(C)C(=O)C(CCC(C)CC(O)CC(C)CCCC(C)CCCC(C)C)=C(C)C1=O. The van der Waals surface area contributed by atoms with Crippen molar-refractivity contribution >= 4 is 11.6 Å². The van der Waals surface area contributed by atoms with Crippen molar-refractivity contribution in [3.63, 3.8) is 0 Å². The van der Waals surface area contributed by atoms with Crippen LogP contribution in [0.15, 0.2) is 22.3 Å². The van der Waals surface area contributed by atoms with Crippen LogP contribution in [0.5, 0.6) is 0 Å². The molecule has 0 bridgehead atoms. The summed E-state index contributed by atoms with van der Waals surface area (Å²) in [4.78, 5) is 24.9. The van der Waals surface area contributed by atoms with Crippen LogP contribution in [0.2, 0.25) is 0 Å². The lowest BCUT2D eigenvalue weighted by Gasteiger charge is -2.22. The molecule has 1 rings (SSSR count). The van der Waals surface area contributed by atoms with Gasteiger partial charge in [-0.1, -0.05) is 73.1 Å². The van der Waals surface area contributed by atoms with Gasteiger partial charge in [0.25, 0.3) is 0 Å². The molecule has 0 saturated heterocycles. The van der Waals surface area contributed by atoms with Crippen LogP contribution in [-0.2, 0) is 9.59 Å². The van der Waals surface area contributed by atoms with Crippen LogP contribution in [0.25, 0.3) is 0 Å². The van der Waals surface area contributed by atoms with Crippen molar-refractivity contribution in [3.05, 3.63) is 22.3 Å². The van der Waals surface area contributed by atoms with E-state index in [4.69, 9.17) is 0 Å². The Morgan fingerprint density at radius 1 is 0.625 bits per heavy atom. The number of allylic oxidation sites excluding steroid dienone is 4. The van der Waals surface area contributed by atoms with Gasteiger partial charge in [0.05, 0.1) is 6.10 Å². The summed E-state index contributed by atoms with van der Waals surface area (Å²) in [5, 5.41) is 10.6. The quantitative estimate of drug-likeness (QED) is 0.263. The van der Waals surface area contributed by atoms with E-state index in [0.717, 1.165) is 31.1 Å². The molecule has 32 heavy (non-hydrogen) atoms. The van der Waals surface area contributed by atoms with Crippen LogP contribution in [0.4, 0.5) is 0 Å². The van der Waals surface area contributed by atoms with Crippen molar-refractivity contribution in [2.75, 3.05) is 0 Å². The molecule has 0 saturated carbocycles. The first-order valence-electron chi connectivity index (χ1n) is 13.1. The molecule has 3 heteroatoms. The number of hydrogen-bond donors (Lipinski definition) is 1. The van der Waals surface area contributed by atoms with Crippen molar-refractivity contribution in [2.24, 2.45) is 23.7 Å². The lowest BCUT2D eigenvalue weighted by Crippen LogP contribution is -2.21. The van der Waals surface area contributed by atoms with E-state index >= 15 is 0 Å². The molecule has 0 aliphatic heterocycles. The first-order valence-corrected chi connectivity index (χ1v) is 13.1. The lowest BCUT2D eigenvalue weighted by atomic mass is 9.82. The molecule has 1 aliphatic rings. The molecular weight excluding hydrogens is 396 g/mol. The van der Waals surface area contributed by atoms with E-state index in [1.807, 2.05) is 0 Å². The second-order valence-corrected chi connectivity index (χ2v) is 11.2. The Kier molecular flexibility index (Phi) is 12.7. The molecule has 0 amide bonds. The lowest BCUT2D eigenvalue weighted by molar-refractivity contribution is -0.116. The van der Waals surface area contributed by atoms with E-state index in [9.17, 15) is 14.7 Å². The van der Waals surface area contributed by atoms with Crippen molar-refractivity contribution in [3.8, 4) is 0 Å². The molecule has 4 atom stereocenters. The van der Waals surface area contributed by atoms with Crippen LogP contribution in [0.1, 0.15) is 120 Å². The number of carbonyl (C=O) groups excluding carboxylic acids is 2. The Balaban J connectivity index is 2.32. The second-order valence-electron chi connectivity index (χ2n) is 11.2. The number of carbonyl (C=O) groups is 2. The van der Waals surface area contributed by atoms with Crippen LogP contribution >= 0.6 is 0 Å². The average molecular weight is 447 g/mol. The Morgan fingerprint density at radius 3 is 1.66 bits per heavy atom. The Bertz CT molecular complexity index is 683. The van der Waals surface area contributed by atoms with Gasteiger partial charge in [-0.25, -0.2) is 0 Å². The molecule has 0 aromatic heterocycles. The van der Waals surface area contributed by atoms with E-state index < -0.39 is 0 Å². The zero-order chi connectivity index (χ0) is 24.4. The Labute approximate surface area is 198 Å². The highest BCUT2D eigenvalue weighted by Gasteiger charge is 2.27. The number of rotatable bonds is 15. The zero-order valence-electron chi connectivity index (χ0n) is 22.2. The summed E-state index contributed by atoms with van der Waals surface area (Å²) in [6.45, 7) is 16.6. The van der Waals surface area contributed by atoms with Crippen LogP contribution in [0, 0.1) is 23.7 Å². The smallest absolute Gasteiger partial charge is 0.185 e. The molecule has 1 aliphatic carbocycles. The molecule has 0 aromatic carbocycles. The summed E-state index contributed by atoms with van der Waals surface area (Å²) in [6, 6.07) is 0. The maximum Gasteiger partial charge on any atom is 0.185 e. The average Bonchev–Trinajstić information content (AvgIpc) is 2.70. The maximum absolute atomic E-state index is 12.6. The predicted molar refractivity (Wildman–Crippen MR) is 136 cm³/mol. The van der Waals surface area contributed by atoms with Gasteiger partial charge in [-0.2, -0.15) is 0 Å². The molecule has 0 aromatic rings. The molecule has 0 fully saturated rings. The van der Waals surface area contributed by atoms with E-state index in [1.165, 1.54) is 38.5 Å². The van der Waals surface area contributed by atoms with Gasteiger partial charge in [0.1, 0.15) is 0 Å². The van der Waals surface area contributed by atoms with E-state index in [-0.39, 0.29) is 17.7 Å². The molecule has 0 heterocycles. The third kappa shape index (κ3) is 9.73. The summed E-state index contributed by atoms with van der Waals surface area (Å²) >= 11 is 0. The van der Waals surface area contributed by atoms with Gasteiger partial charge in [-0.3, -0.25) is 9.59 Å². The summed E-state index contributed by atoms with van der Waals surface area (Å²) in [5.74, 6) is 2.52. The molecule has 3 nitrogen and oxygen atoms in total. The van der Waals surface area contributed by atoms with Gasteiger partial charge in [0, 0.05) is 22.3 Å². The van der Waals surface area contributed by atoms with Crippen LogP contribution in [-0.4, -0.2) is 22.8 Å². The fraction of sp³-hybridized carbons (Fsp3) is 0.793. The van der Waals surface area contributed by atoms with Crippen molar-refractivity contribution < 1.29 is 14.7 Å². The first-order chi connectivity index (χ1) is 14.9. The van der Waals surface area contributed by atoms with E-state index in [0.29, 0.717) is 40.5 Å². The number of ketones is 2. The van der Waals surface area contributed by atoms with E-state index in [2.05, 4.69) is 34.6 Å². The Hall–Kier alpha value is -1.22. The predicted octanol–water partition coefficient (Wildman–Crippen LogP) is 7.62. The van der Waals surface area contributed by atoms with Crippen molar-refractivity contribution in [2.45, 2.75) is 126 Å². The summed E-state index contributed by atoms with van der Waals surface area (Å²) in [5.41, 5.74) is 2.46. The second kappa shape index (κ2) is 14.1. The maximum atomic E-state index is 12.6. The normalized spacial score (nSPS) is 19.1. The van der Waals surface area contributed by atoms with Gasteiger partial charge in [-0.05, 0) is 70.1 Å². The van der Waals surface area contributed by atoms with Crippen molar-refractivity contribution in [1.29, 1.82) is 0 Å². The minimum absolute atomic E-state index is 0.00727. The number of hydrogen-bond acceptors (Lipinski definition) is 3. The van der Waals surface area contributed by atoms with Gasteiger partial charge in [-0.15, -0.1) is 0 Å². The van der Waals surface area contributed by atoms with Gasteiger partial charge in [0.2, 0.25) is 0 Å². The largest absolute Gasteiger partial charge is 0.393 e. The standard InChI is InChI=1S/C29H50O3/c1-19(2)11-9-12-20(3)13-10-14-21(4)17-26(30)18-22(5)15-16-27-25(8)28(31)23(6)24(7)29(27)32/h19-22,26,30H,9-18H2,1-8H3. The number of aliphatic hydroxyl groups is 1. The first kappa shape index (κ1) is 28.8. The zero-order valence-corrected chi connectivity index (χ0v) is 22.2. The summed E-state index contributed by atoms with van der Waals surface area (Å²) in [7, 11) is 0. The van der Waals surface area contributed by atoms with Gasteiger partial charge in [0.15, 0.2) is 11.6 Å². The fourth-order valence-electron chi connectivity index (χ4n) is 4.94. The highest BCUT2D eigenvalue weighted by atomic mass is 16.3. The van der Waals surface area contributed by atoms with Crippen molar-refractivity contribution in [1.82, 2.24) is 0 Å². The molecular formula is C29H50O3. The van der Waals surface area contributed by atoms with Crippen LogP contribution in [0.3, 0.4) is 0 Å². The monoisotopic (exact) mass is 446 g/mol. The minimum atomic E-state index is -0.286. The Morgan fingerprint density at radius 2 is 1.09 bits per heavy atom. The molecule has 184 valence electrons. The van der Waals surface area contributed by atoms with Gasteiger partial charge >= 0.3 is 0 Å². The number of aliphatic hydroxyl groups excluding tert-OH is 1. The molecule has 4 unspecified atom stereocenters. The summed E-state index contributed by atoms with van der Waals surface area (Å²) in [6.07, 6.45) is 10.5. The van der Waals surface area contributed by atoms with Gasteiger partial charge < -0.3 is 5.11 Å². The summed E-state index contributed by atoms with van der Waals surface area (Å²) < 4.78 is 0. The topological polar surface area (TPSA) is 54.4 Å². The molecule has 0 radical (unpaired) electrons. The molecule has 1 N–H and O–H groups in total. The molecule has 0 spiro atoms.